The Hall–Kier alpha value is -1.27. The van der Waals surface area contributed by atoms with Gasteiger partial charge in [-0.3, -0.25) is 0 Å². The number of ether oxygens (including phenoxy) is 2. The van der Waals surface area contributed by atoms with Crippen LogP contribution in [0.25, 0.3) is 0 Å². The maximum atomic E-state index is 11.2. The van der Waals surface area contributed by atoms with Gasteiger partial charge in [-0.2, -0.15) is 0 Å². The molecule has 102 valence electrons. The molecule has 0 aromatic heterocycles. The van der Waals surface area contributed by atoms with Gasteiger partial charge in [-0.15, -0.1) is 0 Å². The number of hydrogen-bond acceptors (Lipinski definition) is 4. The van der Waals surface area contributed by atoms with E-state index in [0.717, 1.165) is 5.56 Å². The Morgan fingerprint density at radius 1 is 1.28 bits per heavy atom. The first-order valence-electron chi connectivity index (χ1n) is 5.73. The lowest BCUT2D eigenvalue weighted by Crippen LogP contribution is -2.29. The third kappa shape index (κ3) is 4.54. The van der Waals surface area contributed by atoms with Gasteiger partial charge in [-0.05, 0) is 31.5 Å². The first-order chi connectivity index (χ1) is 8.48. The Bertz CT molecular complexity index is 485. The fraction of sp³-hybridized carbons (Fsp3) is 0.500. The predicted molar refractivity (Wildman–Crippen MR) is 70.7 cm³/mol. The monoisotopic (exact) mass is 273 g/mol. The van der Waals surface area contributed by atoms with Gasteiger partial charge < -0.3 is 9.47 Å². The summed E-state index contributed by atoms with van der Waals surface area (Å²) in [5.74, 6) is 1.33. The summed E-state index contributed by atoms with van der Waals surface area (Å²) in [4.78, 5) is 0. The van der Waals surface area contributed by atoms with Crippen LogP contribution in [0.15, 0.2) is 18.2 Å². The van der Waals surface area contributed by atoms with Crippen LogP contribution in [0.2, 0.25) is 0 Å². The number of aryl methyl sites for hydroxylation is 1. The van der Waals surface area contributed by atoms with E-state index in [1.54, 1.807) is 14.0 Å². The fourth-order valence-electron chi connectivity index (χ4n) is 1.35. The van der Waals surface area contributed by atoms with E-state index in [9.17, 15) is 8.42 Å². The van der Waals surface area contributed by atoms with Crippen LogP contribution in [0.3, 0.4) is 0 Å². The highest BCUT2D eigenvalue weighted by Crippen LogP contribution is 2.27. The molecule has 0 aliphatic carbocycles. The summed E-state index contributed by atoms with van der Waals surface area (Å²) in [6.45, 7) is 4.06. The molecular weight excluding hydrogens is 254 g/mol. The zero-order chi connectivity index (χ0) is 13.6. The van der Waals surface area contributed by atoms with Crippen LogP contribution in [-0.2, 0) is 10.0 Å². The highest BCUT2D eigenvalue weighted by Gasteiger charge is 2.07. The number of rotatable bonds is 7. The molecule has 1 N–H and O–H groups in total. The third-order valence-electron chi connectivity index (χ3n) is 2.38. The minimum Gasteiger partial charge on any atom is -0.493 e. The van der Waals surface area contributed by atoms with Crippen LogP contribution in [0.5, 0.6) is 11.5 Å². The molecule has 0 atom stereocenters. The van der Waals surface area contributed by atoms with Gasteiger partial charge in [-0.1, -0.05) is 6.07 Å². The van der Waals surface area contributed by atoms with Crippen LogP contribution in [0.1, 0.15) is 12.5 Å². The molecule has 1 rings (SSSR count). The molecule has 1 aromatic rings. The van der Waals surface area contributed by atoms with Crippen molar-refractivity contribution in [3.8, 4) is 11.5 Å². The van der Waals surface area contributed by atoms with Crippen molar-refractivity contribution in [3.05, 3.63) is 23.8 Å². The lowest BCUT2D eigenvalue weighted by Gasteiger charge is -2.11. The molecule has 6 heteroatoms. The predicted octanol–water partition coefficient (Wildman–Crippen LogP) is 1.32. The average molecular weight is 273 g/mol. The van der Waals surface area contributed by atoms with E-state index in [1.165, 1.54) is 0 Å². The quantitative estimate of drug-likeness (QED) is 0.761. The van der Waals surface area contributed by atoms with Gasteiger partial charge in [-0.25, -0.2) is 13.1 Å². The molecule has 0 radical (unpaired) electrons. The highest BCUT2D eigenvalue weighted by molar-refractivity contribution is 7.89. The van der Waals surface area contributed by atoms with E-state index in [1.807, 2.05) is 25.1 Å². The molecule has 0 bridgehead atoms. The first kappa shape index (κ1) is 14.8. The average Bonchev–Trinajstić information content (AvgIpc) is 2.36. The second kappa shape index (κ2) is 6.61. The minimum absolute atomic E-state index is 0.0703. The molecule has 0 aliphatic heterocycles. The van der Waals surface area contributed by atoms with E-state index < -0.39 is 10.0 Å². The van der Waals surface area contributed by atoms with Crippen LogP contribution in [-0.4, -0.2) is 34.4 Å². The number of benzene rings is 1. The smallest absolute Gasteiger partial charge is 0.211 e. The summed E-state index contributed by atoms with van der Waals surface area (Å²) < 4.78 is 35.5. The van der Waals surface area contributed by atoms with Gasteiger partial charge in [0, 0.05) is 6.54 Å². The van der Waals surface area contributed by atoms with Gasteiger partial charge in [0.1, 0.15) is 6.61 Å². The number of nitrogens with one attached hydrogen (secondary N) is 1. The largest absolute Gasteiger partial charge is 0.493 e. The zero-order valence-corrected chi connectivity index (χ0v) is 11.7. The normalized spacial score (nSPS) is 11.3. The van der Waals surface area contributed by atoms with E-state index in [0.29, 0.717) is 11.5 Å². The summed E-state index contributed by atoms with van der Waals surface area (Å²) in [7, 11) is -1.59. The molecule has 0 unspecified atom stereocenters. The van der Waals surface area contributed by atoms with Crippen molar-refractivity contribution in [3.63, 3.8) is 0 Å². The molecule has 1 aromatic carbocycles. The second-order valence-corrected chi connectivity index (χ2v) is 5.90. The highest BCUT2D eigenvalue weighted by atomic mass is 32.2. The van der Waals surface area contributed by atoms with Crippen LogP contribution >= 0.6 is 0 Å². The van der Waals surface area contributed by atoms with Crippen LogP contribution in [0, 0.1) is 6.92 Å². The summed E-state index contributed by atoms with van der Waals surface area (Å²) in [6.07, 6.45) is 0. The summed E-state index contributed by atoms with van der Waals surface area (Å²) in [5, 5.41) is 0. The minimum atomic E-state index is -3.16. The summed E-state index contributed by atoms with van der Waals surface area (Å²) in [6, 6.07) is 5.59. The molecule has 0 spiro atoms. The van der Waals surface area contributed by atoms with Gasteiger partial charge in [0.25, 0.3) is 0 Å². The van der Waals surface area contributed by atoms with E-state index >= 15 is 0 Å². The molecule has 0 amide bonds. The Morgan fingerprint density at radius 2 is 2.00 bits per heavy atom. The van der Waals surface area contributed by atoms with Gasteiger partial charge in [0.2, 0.25) is 10.0 Å². The zero-order valence-electron chi connectivity index (χ0n) is 10.9. The Balaban J connectivity index is 2.49. The molecule has 18 heavy (non-hydrogen) atoms. The Labute approximate surface area is 108 Å². The molecular formula is C12H19NO4S. The van der Waals surface area contributed by atoms with Crippen LogP contribution in [0.4, 0.5) is 0 Å². The maximum absolute atomic E-state index is 11.2. The maximum Gasteiger partial charge on any atom is 0.211 e. The van der Waals surface area contributed by atoms with Crippen molar-refractivity contribution in [2.75, 3.05) is 26.0 Å². The van der Waals surface area contributed by atoms with Gasteiger partial charge >= 0.3 is 0 Å². The topological polar surface area (TPSA) is 64.6 Å². The SMILES string of the molecule is CCS(=O)(=O)NCCOc1ccc(C)cc1OC. The van der Waals surface area contributed by atoms with Crippen molar-refractivity contribution in [1.82, 2.24) is 4.72 Å². The van der Waals surface area contributed by atoms with E-state index in [-0.39, 0.29) is 18.9 Å². The summed E-state index contributed by atoms with van der Waals surface area (Å²) >= 11 is 0. The molecule has 0 fully saturated rings. The molecule has 0 saturated carbocycles. The first-order valence-corrected chi connectivity index (χ1v) is 7.38. The van der Waals surface area contributed by atoms with E-state index in [2.05, 4.69) is 4.72 Å². The molecule has 5 nitrogen and oxygen atoms in total. The van der Waals surface area contributed by atoms with Crippen molar-refractivity contribution < 1.29 is 17.9 Å². The second-order valence-electron chi connectivity index (χ2n) is 3.80. The lowest BCUT2D eigenvalue weighted by molar-refractivity contribution is 0.298. The van der Waals surface area contributed by atoms with E-state index in [4.69, 9.17) is 9.47 Å². The van der Waals surface area contributed by atoms with Crippen molar-refractivity contribution in [2.45, 2.75) is 13.8 Å². The number of sulfonamides is 1. The third-order valence-corrected chi connectivity index (χ3v) is 3.78. The fourth-order valence-corrected chi connectivity index (χ4v) is 1.95. The molecule has 0 saturated heterocycles. The number of methoxy groups -OCH3 is 1. The molecule has 0 aliphatic rings. The Kier molecular flexibility index (Phi) is 5.43. The van der Waals surface area contributed by atoms with Crippen molar-refractivity contribution in [2.24, 2.45) is 0 Å². The van der Waals surface area contributed by atoms with Gasteiger partial charge in [0.15, 0.2) is 11.5 Å². The van der Waals surface area contributed by atoms with Gasteiger partial charge in [0.05, 0.1) is 12.9 Å². The van der Waals surface area contributed by atoms with Crippen LogP contribution < -0.4 is 14.2 Å². The standard InChI is InChI=1S/C12H19NO4S/c1-4-18(14,15)13-7-8-17-11-6-5-10(2)9-12(11)16-3/h5-6,9,13H,4,7-8H2,1-3H3. The van der Waals surface area contributed by atoms with Crippen molar-refractivity contribution in [1.29, 1.82) is 0 Å². The Morgan fingerprint density at radius 3 is 2.61 bits per heavy atom. The van der Waals surface area contributed by atoms with Crippen molar-refractivity contribution >= 4 is 10.0 Å². The summed E-state index contributed by atoms with van der Waals surface area (Å²) in [5.41, 5.74) is 1.07. The molecule has 0 heterocycles. The lowest BCUT2D eigenvalue weighted by atomic mass is 10.2. The number of hydrogen-bond donors (Lipinski definition) is 1.